The lowest BCUT2D eigenvalue weighted by Gasteiger charge is -1.88. The van der Waals surface area contributed by atoms with Crippen molar-refractivity contribution in [1.82, 2.24) is 20.2 Å². The summed E-state index contributed by atoms with van der Waals surface area (Å²) in [6, 6.07) is 3.89. The quantitative estimate of drug-likeness (QED) is 0.722. The molecule has 0 fully saturated rings. The first-order chi connectivity index (χ1) is 9.58. The number of hydrogen-bond donors (Lipinski definition) is 0. The van der Waals surface area contributed by atoms with Gasteiger partial charge in [-0.05, 0) is 39.8 Å². The number of aryl methyl sites for hydroxylation is 4. The molecule has 2 rings (SSSR count). The third-order valence-electron chi connectivity index (χ3n) is 1.84. The molecule has 0 radical (unpaired) electrons. The Balaban J connectivity index is 0. The van der Waals surface area contributed by atoms with Gasteiger partial charge in [0.1, 0.15) is 0 Å². The standard InChI is InChI=1S/2C6H8N2.2C2H6/c1-5-3-8-6(2)4-7-5;1-5-3-4-6(2)8-7-5;2*1-2/h2*3-4H,1-2H3;2*1-2H3. The van der Waals surface area contributed by atoms with E-state index in [1.54, 1.807) is 12.4 Å². The van der Waals surface area contributed by atoms with Gasteiger partial charge in [-0.1, -0.05) is 27.7 Å². The summed E-state index contributed by atoms with van der Waals surface area (Å²) in [5, 5.41) is 7.66. The molecule has 4 heteroatoms. The molecule has 0 aliphatic rings. The van der Waals surface area contributed by atoms with Crippen molar-refractivity contribution in [3.05, 3.63) is 47.3 Å². The molecular weight excluding hydrogens is 248 g/mol. The molecule has 4 nitrogen and oxygen atoms in total. The Morgan fingerprint density at radius 3 is 1.05 bits per heavy atom. The fraction of sp³-hybridized carbons (Fsp3) is 0.500. The zero-order chi connectivity index (χ0) is 16.0. The van der Waals surface area contributed by atoms with Crippen LogP contribution >= 0.6 is 0 Å². The molecule has 112 valence electrons. The van der Waals surface area contributed by atoms with Crippen LogP contribution in [0, 0.1) is 27.7 Å². The van der Waals surface area contributed by atoms with E-state index in [-0.39, 0.29) is 0 Å². The van der Waals surface area contributed by atoms with Gasteiger partial charge in [0.25, 0.3) is 0 Å². The summed E-state index contributed by atoms with van der Waals surface area (Å²) in [6.45, 7) is 15.7. The lowest BCUT2D eigenvalue weighted by atomic mass is 10.4. The Kier molecular flexibility index (Phi) is 13.9. The number of aromatic nitrogens is 4. The second kappa shape index (κ2) is 13.6. The first-order valence-electron chi connectivity index (χ1n) is 7.10. The van der Waals surface area contributed by atoms with Crippen LogP contribution in [0.25, 0.3) is 0 Å². The van der Waals surface area contributed by atoms with Crippen molar-refractivity contribution >= 4 is 0 Å². The van der Waals surface area contributed by atoms with Crippen molar-refractivity contribution in [2.24, 2.45) is 0 Å². The van der Waals surface area contributed by atoms with Crippen LogP contribution in [-0.2, 0) is 0 Å². The van der Waals surface area contributed by atoms with Crippen molar-refractivity contribution in [1.29, 1.82) is 0 Å². The maximum absolute atomic E-state index is 4.02. The van der Waals surface area contributed by atoms with Crippen LogP contribution in [0.2, 0.25) is 0 Å². The maximum Gasteiger partial charge on any atom is 0.0600 e. The average Bonchev–Trinajstić information content (AvgIpc) is 2.50. The molecule has 0 aliphatic heterocycles. The topological polar surface area (TPSA) is 51.6 Å². The van der Waals surface area contributed by atoms with E-state index in [9.17, 15) is 0 Å². The van der Waals surface area contributed by atoms with Crippen LogP contribution in [0.1, 0.15) is 50.5 Å². The molecule has 2 heterocycles. The van der Waals surface area contributed by atoms with Gasteiger partial charge in [0.05, 0.1) is 22.8 Å². The van der Waals surface area contributed by atoms with Gasteiger partial charge >= 0.3 is 0 Å². The summed E-state index contributed by atoms with van der Waals surface area (Å²) < 4.78 is 0. The summed E-state index contributed by atoms with van der Waals surface area (Å²) in [4.78, 5) is 8.03. The van der Waals surface area contributed by atoms with E-state index >= 15 is 0 Å². The predicted molar refractivity (Wildman–Crippen MR) is 85.7 cm³/mol. The summed E-state index contributed by atoms with van der Waals surface area (Å²) in [5.74, 6) is 0. The van der Waals surface area contributed by atoms with Gasteiger partial charge in [0, 0.05) is 12.4 Å². The fourth-order valence-corrected chi connectivity index (χ4v) is 0.923. The molecule has 2 aromatic heterocycles. The third kappa shape index (κ3) is 11.3. The highest BCUT2D eigenvalue weighted by Gasteiger charge is 1.83. The van der Waals surface area contributed by atoms with E-state index in [0.717, 1.165) is 22.8 Å². The van der Waals surface area contributed by atoms with E-state index in [1.807, 2.05) is 67.5 Å². The number of hydrogen-bond acceptors (Lipinski definition) is 4. The Morgan fingerprint density at radius 1 is 0.550 bits per heavy atom. The fourth-order valence-electron chi connectivity index (χ4n) is 0.923. The normalized spacial score (nSPS) is 8.00. The molecule has 0 saturated carbocycles. The van der Waals surface area contributed by atoms with Crippen LogP contribution in [0.5, 0.6) is 0 Å². The van der Waals surface area contributed by atoms with E-state index in [1.165, 1.54) is 0 Å². The van der Waals surface area contributed by atoms with Gasteiger partial charge in [-0.25, -0.2) is 0 Å². The van der Waals surface area contributed by atoms with Crippen LogP contribution in [0.4, 0.5) is 0 Å². The first-order valence-corrected chi connectivity index (χ1v) is 7.10. The molecule has 0 N–H and O–H groups in total. The third-order valence-corrected chi connectivity index (χ3v) is 1.84. The number of nitrogens with zero attached hydrogens (tertiary/aromatic N) is 4. The van der Waals surface area contributed by atoms with E-state index in [2.05, 4.69) is 20.2 Å². The van der Waals surface area contributed by atoms with Crippen LogP contribution in [-0.4, -0.2) is 20.2 Å². The molecule has 0 aliphatic carbocycles. The lowest BCUT2D eigenvalue weighted by Crippen LogP contribution is -1.86. The second-order valence-electron chi connectivity index (χ2n) is 3.62. The second-order valence-corrected chi connectivity index (χ2v) is 3.62. The summed E-state index contributed by atoms with van der Waals surface area (Å²) in [7, 11) is 0. The summed E-state index contributed by atoms with van der Waals surface area (Å²) >= 11 is 0. The highest BCUT2D eigenvalue weighted by Crippen LogP contribution is 1.90. The zero-order valence-corrected chi connectivity index (χ0v) is 14.1. The molecule has 0 bridgehead atoms. The Labute approximate surface area is 123 Å². The molecular formula is C16H28N4. The molecule has 0 saturated heterocycles. The van der Waals surface area contributed by atoms with Crippen molar-refractivity contribution in [2.75, 3.05) is 0 Å². The molecule has 0 aromatic carbocycles. The average molecular weight is 276 g/mol. The molecule has 0 unspecified atom stereocenters. The van der Waals surface area contributed by atoms with Crippen LogP contribution in [0.3, 0.4) is 0 Å². The van der Waals surface area contributed by atoms with Crippen molar-refractivity contribution < 1.29 is 0 Å². The highest BCUT2D eigenvalue weighted by molar-refractivity contribution is 5.02. The highest BCUT2D eigenvalue weighted by atomic mass is 15.1. The Bertz CT molecular complexity index is 336. The minimum absolute atomic E-state index is 0.968. The summed E-state index contributed by atoms with van der Waals surface area (Å²) in [6.07, 6.45) is 3.52. The van der Waals surface area contributed by atoms with Crippen molar-refractivity contribution in [2.45, 2.75) is 55.4 Å². The van der Waals surface area contributed by atoms with Gasteiger partial charge in [-0.2, -0.15) is 10.2 Å². The van der Waals surface area contributed by atoms with Crippen LogP contribution < -0.4 is 0 Å². The first kappa shape index (κ1) is 20.5. The lowest BCUT2D eigenvalue weighted by molar-refractivity contribution is 0.941. The van der Waals surface area contributed by atoms with E-state index < -0.39 is 0 Å². The minimum Gasteiger partial charge on any atom is -0.258 e. The van der Waals surface area contributed by atoms with Gasteiger partial charge in [0.2, 0.25) is 0 Å². The monoisotopic (exact) mass is 276 g/mol. The largest absolute Gasteiger partial charge is 0.258 e. The minimum atomic E-state index is 0.968. The SMILES string of the molecule is CC.CC.Cc1ccc(C)nn1.Cc1cnc(C)cn1. The molecule has 0 spiro atoms. The molecule has 20 heavy (non-hydrogen) atoms. The van der Waals surface area contributed by atoms with Crippen LogP contribution in [0.15, 0.2) is 24.5 Å². The molecule has 0 atom stereocenters. The molecule has 0 amide bonds. The summed E-state index contributed by atoms with van der Waals surface area (Å²) in [5.41, 5.74) is 3.87. The van der Waals surface area contributed by atoms with Gasteiger partial charge in [-0.15, -0.1) is 0 Å². The van der Waals surface area contributed by atoms with E-state index in [0.29, 0.717) is 0 Å². The van der Waals surface area contributed by atoms with Gasteiger partial charge in [0.15, 0.2) is 0 Å². The van der Waals surface area contributed by atoms with Gasteiger partial charge < -0.3 is 0 Å². The Hall–Kier alpha value is -1.84. The smallest absolute Gasteiger partial charge is 0.0600 e. The number of rotatable bonds is 0. The maximum atomic E-state index is 4.02. The molecule has 2 aromatic rings. The zero-order valence-electron chi connectivity index (χ0n) is 14.1. The van der Waals surface area contributed by atoms with Gasteiger partial charge in [-0.3, -0.25) is 9.97 Å². The van der Waals surface area contributed by atoms with Crippen molar-refractivity contribution in [3.63, 3.8) is 0 Å². The Morgan fingerprint density at radius 2 is 0.850 bits per heavy atom. The van der Waals surface area contributed by atoms with E-state index in [4.69, 9.17) is 0 Å². The predicted octanol–water partition coefficient (Wildman–Crippen LogP) is 4.24. The van der Waals surface area contributed by atoms with Crippen molar-refractivity contribution in [3.8, 4) is 0 Å².